The molecule has 0 amide bonds. The zero-order valence-electron chi connectivity index (χ0n) is 14.1. The smallest absolute Gasteiger partial charge is 0.321 e. The lowest BCUT2D eigenvalue weighted by atomic mass is 10.0. The number of hydrogen-bond donors (Lipinski definition) is 2. The molecule has 1 aromatic carbocycles. The fourth-order valence-electron chi connectivity index (χ4n) is 2.95. The van der Waals surface area contributed by atoms with Crippen LogP contribution >= 0.6 is 11.8 Å². The molecule has 0 radical (unpaired) electrons. The number of hydrogen-bond acceptors (Lipinski definition) is 3. The molecule has 0 bridgehead atoms. The number of unbranched alkanes of at least 4 members (excludes halogenated alkanes) is 6. The van der Waals surface area contributed by atoms with E-state index >= 15 is 0 Å². The fraction of sp³-hybridized carbons (Fsp3) is 0.632. The van der Waals surface area contributed by atoms with E-state index in [0.717, 1.165) is 6.42 Å². The first-order chi connectivity index (χ1) is 11.2. The summed E-state index contributed by atoms with van der Waals surface area (Å²) in [6, 6.07) is 8.26. The molecule has 1 saturated heterocycles. The number of aliphatic carboxylic acids is 1. The molecule has 2 atom stereocenters. The van der Waals surface area contributed by atoms with E-state index in [9.17, 15) is 4.79 Å². The van der Waals surface area contributed by atoms with Gasteiger partial charge in [-0.25, -0.2) is 0 Å². The van der Waals surface area contributed by atoms with Gasteiger partial charge >= 0.3 is 5.97 Å². The summed E-state index contributed by atoms with van der Waals surface area (Å²) in [5.74, 6) is -0.115. The van der Waals surface area contributed by atoms with Gasteiger partial charge in [0.05, 0.1) is 5.37 Å². The highest BCUT2D eigenvalue weighted by Gasteiger charge is 2.30. The minimum absolute atomic E-state index is 0.115. The van der Waals surface area contributed by atoms with Crippen molar-refractivity contribution in [2.45, 2.75) is 69.7 Å². The molecular formula is C19H29NO2S. The molecule has 0 aromatic heterocycles. The van der Waals surface area contributed by atoms with Crippen molar-refractivity contribution in [1.29, 1.82) is 0 Å². The molecule has 1 aliphatic heterocycles. The maximum absolute atomic E-state index is 11.0. The van der Waals surface area contributed by atoms with E-state index in [2.05, 4.69) is 36.5 Å². The predicted octanol–water partition coefficient (Wildman–Crippen LogP) is 4.77. The number of nitrogens with one attached hydrogen (secondary N) is 1. The van der Waals surface area contributed by atoms with Gasteiger partial charge < -0.3 is 5.11 Å². The van der Waals surface area contributed by atoms with Crippen LogP contribution in [-0.2, 0) is 11.2 Å². The van der Waals surface area contributed by atoms with E-state index < -0.39 is 12.0 Å². The van der Waals surface area contributed by atoms with Crippen molar-refractivity contribution >= 4 is 17.7 Å². The summed E-state index contributed by atoms with van der Waals surface area (Å²) in [7, 11) is 0. The predicted molar refractivity (Wildman–Crippen MR) is 97.9 cm³/mol. The van der Waals surface area contributed by atoms with Gasteiger partial charge in [-0.1, -0.05) is 69.7 Å². The van der Waals surface area contributed by atoms with E-state index in [-0.39, 0.29) is 5.37 Å². The van der Waals surface area contributed by atoms with Crippen LogP contribution in [0.3, 0.4) is 0 Å². The molecule has 1 aliphatic rings. The van der Waals surface area contributed by atoms with Gasteiger partial charge in [0.1, 0.15) is 6.04 Å². The van der Waals surface area contributed by atoms with Gasteiger partial charge in [-0.3, -0.25) is 10.1 Å². The van der Waals surface area contributed by atoms with Crippen LogP contribution in [0.2, 0.25) is 0 Å². The molecule has 1 aromatic rings. The Morgan fingerprint density at radius 1 is 1.13 bits per heavy atom. The van der Waals surface area contributed by atoms with E-state index in [0.29, 0.717) is 5.75 Å². The minimum Gasteiger partial charge on any atom is -0.480 e. The average molecular weight is 336 g/mol. The highest BCUT2D eigenvalue weighted by molar-refractivity contribution is 7.99. The molecule has 0 saturated carbocycles. The quantitative estimate of drug-likeness (QED) is 0.605. The molecule has 0 aliphatic carbocycles. The Bertz CT molecular complexity index is 475. The van der Waals surface area contributed by atoms with Crippen molar-refractivity contribution in [3.8, 4) is 0 Å². The number of thioether (sulfide) groups is 1. The molecule has 1 fully saturated rings. The molecule has 4 heteroatoms. The largest absolute Gasteiger partial charge is 0.480 e. The molecule has 0 unspecified atom stereocenters. The van der Waals surface area contributed by atoms with Crippen LogP contribution in [-0.4, -0.2) is 22.9 Å². The number of rotatable bonds is 10. The minimum atomic E-state index is -0.754. The van der Waals surface area contributed by atoms with Crippen LogP contribution in [0.15, 0.2) is 24.3 Å². The van der Waals surface area contributed by atoms with Crippen LogP contribution in [0.1, 0.15) is 68.4 Å². The Morgan fingerprint density at radius 3 is 2.39 bits per heavy atom. The molecule has 0 spiro atoms. The summed E-state index contributed by atoms with van der Waals surface area (Å²) >= 11 is 1.68. The standard InChI is InChI=1S/C19H29NO2S/c1-2-3-4-5-6-7-8-9-15-10-12-16(13-11-15)18-20-17(14-23-18)19(21)22/h10-13,17-18,20H,2-9,14H2,1H3,(H,21,22)/t17-,18-/m0/s1. The monoisotopic (exact) mass is 335 g/mol. The Morgan fingerprint density at radius 2 is 1.78 bits per heavy atom. The third-order valence-electron chi connectivity index (χ3n) is 4.43. The number of carbonyl (C=O) groups is 1. The number of aryl methyl sites for hydroxylation is 1. The second-order valence-electron chi connectivity index (χ2n) is 6.38. The van der Waals surface area contributed by atoms with Gasteiger partial charge in [-0.15, -0.1) is 11.8 Å². The molecule has 2 rings (SSSR count). The average Bonchev–Trinajstić information content (AvgIpc) is 3.05. The molecule has 3 nitrogen and oxygen atoms in total. The van der Waals surface area contributed by atoms with Crippen LogP contribution in [0.25, 0.3) is 0 Å². The molecular weight excluding hydrogens is 306 g/mol. The van der Waals surface area contributed by atoms with Crippen LogP contribution in [0.4, 0.5) is 0 Å². The fourth-order valence-corrected chi connectivity index (χ4v) is 4.19. The zero-order valence-corrected chi connectivity index (χ0v) is 14.9. The normalized spacial score (nSPS) is 20.7. The Hall–Kier alpha value is -1.00. The van der Waals surface area contributed by atoms with E-state index in [1.165, 1.54) is 56.1 Å². The van der Waals surface area contributed by atoms with E-state index in [4.69, 9.17) is 5.11 Å². The summed E-state index contributed by atoms with van der Waals surface area (Å²) in [5, 5.41) is 12.3. The van der Waals surface area contributed by atoms with Gasteiger partial charge in [0.25, 0.3) is 0 Å². The second kappa shape index (κ2) is 9.99. The molecule has 1 heterocycles. The first-order valence-corrected chi connectivity index (χ1v) is 9.95. The van der Waals surface area contributed by atoms with E-state index in [1.807, 2.05) is 0 Å². The zero-order chi connectivity index (χ0) is 16.5. The van der Waals surface area contributed by atoms with Crippen LogP contribution < -0.4 is 5.32 Å². The lowest BCUT2D eigenvalue weighted by molar-refractivity contribution is -0.138. The summed E-state index contributed by atoms with van der Waals surface area (Å²) < 4.78 is 0. The van der Waals surface area contributed by atoms with Gasteiger partial charge in [-0.05, 0) is 24.0 Å². The Balaban J connectivity index is 1.68. The molecule has 128 valence electrons. The highest BCUT2D eigenvalue weighted by Crippen LogP contribution is 2.32. The maximum Gasteiger partial charge on any atom is 0.321 e. The van der Waals surface area contributed by atoms with Crippen molar-refractivity contribution in [2.24, 2.45) is 0 Å². The third-order valence-corrected chi connectivity index (χ3v) is 5.70. The lowest BCUT2D eigenvalue weighted by Gasteiger charge is -2.12. The van der Waals surface area contributed by atoms with Crippen LogP contribution in [0.5, 0.6) is 0 Å². The molecule has 2 N–H and O–H groups in total. The maximum atomic E-state index is 11.0. The lowest BCUT2D eigenvalue weighted by Crippen LogP contribution is -2.33. The second-order valence-corrected chi connectivity index (χ2v) is 7.52. The summed E-state index contributed by atoms with van der Waals surface area (Å²) in [5.41, 5.74) is 2.57. The summed E-state index contributed by atoms with van der Waals surface area (Å²) in [4.78, 5) is 11.0. The number of benzene rings is 1. The Kier molecular flexibility index (Phi) is 7.96. The Labute approximate surface area is 144 Å². The highest BCUT2D eigenvalue weighted by atomic mass is 32.2. The first kappa shape index (κ1) is 18.3. The first-order valence-electron chi connectivity index (χ1n) is 8.90. The van der Waals surface area contributed by atoms with Crippen LogP contribution in [0, 0.1) is 0 Å². The van der Waals surface area contributed by atoms with Crippen molar-refractivity contribution < 1.29 is 9.90 Å². The topological polar surface area (TPSA) is 49.3 Å². The van der Waals surface area contributed by atoms with Crippen molar-refractivity contribution in [2.75, 3.05) is 5.75 Å². The SMILES string of the molecule is CCCCCCCCCc1ccc([C@H]2N[C@H](C(=O)O)CS2)cc1. The molecule has 23 heavy (non-hydrogen) atoms. The summed E-state index contributed by atoms with van der Waals surface area (Å²) in [6.07, 6.45) is 10.5. The van der Waals surface area contributed by atoms with Gasteiger partial charge in [0.2, 0.25) is 0 Å². The number of carboxylic acids is 1. The van der Waals surface area contributed by atoms with Gasteiger partial charge in [-0.2, -0.15) is 0 Å². The van der Waals surface area contributed by atoms with Gasteiger partial charge in [0, 0.05) is 5.75 Å². The van der Waals surface area contributed by atoms with E-state index in [1.54, 1.807) is 11.8 Å². The number of carboxylic acid groups (broad SMARTS) is 1. The van der Waals surface area contributed by atoms with Gasteiger partial charge in [0.15, 0.2) is 0 Å². The van der Waals surface area contributed by atoms with Crippen molar-refractivity contribution in [3.63, 3.8) is 0 Å². The third kappa shape index (κ3) is 6.19. The summed E-state index contributed by atoms with van der Waals surface area (Å²) in [6.45, 7) is 2.26. The van der Waals surface area contributed by atoms with Crippen molar-refractivity contribution in [3.05, 3.63) is 35.4 Å². The van der Waals surface area contributed by atoms with Crippen molar-refractivity contribution in [1.82, 2.24) is 5.32 Å².